The summed E-state index contributed by atoms with van der Waals surface area (Å²) in [6.45, 7) is 4.38. The zero-order chi connectivity index (χ0) is 22.2. The topological polar surface area (TPSA) is 87.1 Å². The fraction of sp³-hybridized carbons (Fsp3) is 0.167. The molecule has 0 unspecified atom stereocenters. The molecule has 0 aliphatic heterocycles. The largest absolute Gasteiger partial charge is 0.493 e. The Morgan fingerprint density at radius 3 is 2.87 bits per heavy atom. The highest BCUT2D eigenvalue weighted by Crippen LogP contribution is 2.34. The maximum atomic E-state index is 12.6. The van der Waals surface area contributed by atoms with Crippen LogP contribution in [0.3, 0.4) is 0 Å². The molecule has 0 bridgehead atoms. The van der Waals surface area contributed by atoms with Gasteiger partial charge in [-0.3, -0.25) is 4.79 Å². The third kappa shape index (κ3) is 5.36. The van der Waals surface area contributed by atoms with Gasteiger partial charge in [-0.1, -0.05) is 46.8 Å². The number of ether oxygens (including phenoxy) is 2. The Labute approximate surface area is 189 Å². The number of nitriles is 1. The maximum Gasteiger partial charge on any atom is 0.261 e. The number of nitrogens with zero attached hydrogens (tertiary/aromatic N) is 1. The number of benzene rings is 2. The lowest BCUT2D eigenvalue weighted by Crippen LogP contribution is -2.26. The van der Waals surface area contributed by atoms with Gasteiger partial charge in [0.15, 0.2) is 11.5 Å². The number of carbonyl (C=O) groups excluding carboxylic acids is 1. The molecular weight excluding hydrogens is 458 g/mol. The lowest BCUT2D eigenvalue weighted by molar-refractivity contribution is -0.117. The van der Waals surface area contributed by atoms with E-state index in [-0.39, 0.29) is 5.57 Å². The Kier molecular flexibility index (Phi) is 7.52. The van der Waals surface area contributed by atoms with Gasteiger partial charge in [-0.25, -0.2) is 0 Å². The molecule has 0 radical (unpaired) electrons. The molecule has 0 fully saturated rings. The zero-order valence-corrected chi connectivity index (χ0v) is 18.7. The summed E-state index contributed by atoms with van der Waals surface area (Å²) < 4.78 is 11.6. The fourth-order valence-electron chi connectivity index (χ4n) is 3.13. The normalized spacial score (nSPS) is 11.1. The number of nitrogens with one attached hydrogen (secondary N) is 2. The van der Waals surface area contributed by atoms with E-state index >= 15 is 0 Å². The average molecular weight is 480 g/mol. The van der Waals surface area contributed by atoms with Crippen molar-refractivity contribution in [1.29, 1.82) is 5.26 Å². The van der Waals surface area contributed by atoms with Gasteiger partial charge in [0.05, 0.1) is 7.11 Å². The van der Waals surface area contributed by atoms with Crippen LogP contribution in [0, 0.1) is 11.3 Å². The summed E-state index contributed by atoms with van der Waals surface area (Å²) in [6.07, 6.45) is 5.75. The van der Waals surface area contributed by atoms with Crippen molar-refractivity contribution in [3.8, 4) is 17.6 Å². The van der Waals surface area contributed by atoms with Gasteiger partial charge in [0.1, 0.15) is 18.2 Å². The second-order valence-corrected chi connectivity index (χ2v) is 7.51. The number of rotatable bonds is 9. The minimum atomic E-state index is -0.430. The van der Waals surface area contributed by atoms with Gasteiger partial charge >= 0.3 is 0 Å². The molecule has 2 aromatic carbocycles. The molecular formula is C24H22BrN3O3. The highest BCUT2D eigenvalue weighted by molar-refractivity contribution is 9.10. The highest BCUT2D eigenvalue weighted by Gasteiger charge is 2.13. The van der Waals surface area contributed by atoms with E-state index in [1.807, 2.05) is 36.5 Å². The number of aromatic nitrogens is 1. The summed E-state index contributed by atoms with van der Waals surface area (Å²) in [5, 5.41) is 13.4. The Morgan fingerprint density at radius 1 is 1.32 bits per heavy atom. The van der Waals surface area contributed by atoms with Crippen molar-refractivity contribution < 1.29 is 14.3 Å². The van der Waals surface area contributed by atoms with Crippen molar-refractivity contribution in [1.82, 2.24) is 10.3 Å². The number of H-pyrrole nitrogens is 1. The number of halogens is 1. The number of amides is 1. The molecule has 6 nitrogen and oxygen atoms in total. The average Bonchev–Trinajstić information content (AvgIpc) is 3.20. The van der Waals surface area contributed by atoms with Gasteiger partial charge in [-0.05, 0) is 41.8 Å². The van der Waals surface area contributed by atoms with E-state index in [9.17, 15) is 10.1 Å². The van der Waals surface area contributed by atoms with E-state index in [1.165, 1.54) is 13.2 Å². The van der Waals surface area contributed by atoms with Crippen molar-refractivity contribution in [3.05, 3.63) is 76.4 Å². The first kappa shape index (κ1) is 22.2. The smallest absolute Gasteiger partial charge is 0.261 e. The third-order valence-electron chi connectivity index (χ3n) is 4.66. The van der Waals surface area contributed by atoms with Crippen LogP contribution < -0.4 is 14.8 Å². The van der Waals surface area contributed by atoms with E-state index in [4.69, 9.17) is 9.47 Å². The van der Waals surface area contributed by atoms with Gasteiger partial charge in [0.2, 0.25) is 0 Å². The molecule has 0 saturated carbocycles. The third-order valence-corrected chi connectivity index (χ3v) is 5.35. The standard InChI is InChI=1S/C24H22BrN3O3/c1-3-10-31-23-13-20(25)17(12-22(23)30-2)11-18(14-26)24(29)27-9-8-16-15-28-21-7-5-4-6-19(16)21/h3-7,11-13,15,28H,1,8-10H2,2H3,(H,27,29)/b18-11-. The minimum Gasteiger partial charge on any atom is -0.493 e. The Hall–Kier alpha value is -3.50. The molecule has 0 aliphatic carbocycles. The molecule has 3 rings (SSSR count). The second kappa shape index (κ2) is 10.5. The Balaban J connectivity index is 1.71. The molecule has 0 aliphatic rings. The summed E-state index contributed by atoms with van der Waals surface area (Å²) in [5.74, 6) is 0.599. The van der Waals surface area contributed by atoms with E-state index in [0.29, 0.717) is 41.1 Å². The number of carbonyl (C=O) groups is 1. The number of hydrogen-bond donors (Lipinski definition) is 2. The summed E-state index contributed by atoms with van der Waals surface area (Å²) in [4.78, 5) is 15.8. The van der Waals surface area contributed by atoms with Gasteiger partial charge in [-0.2, -0.15) is 5.26 Å². The molecule has 3 aromatic rings. The van der Waals surface area contributed by atoms with E-state index in [1.54, 1.807) is 18.2 Å². The molecule has 1 heterocycles. The molecule has 0 atom stereocenters. The van der Waals surface area contributed by atoms with Crippen LogP contribution in [0.4, 0.5) is 0 Å². The SMILES string of the molecule is C=CCOc1cc(Br)c(/C=C(/C#N)C(=O)NCCc2c[nH]c3ccccc23)cc1OC. The molecule has 158 valence electrons. The quantitative estimate of drug-likeness (QED) is 0.263. The Bertz CT molecular complexity index is 1170. The predicted molar refractivity (Wildman–Crippen MR) is 125 cm³/mol. The number of methoxy groups -OCH3 is 1. The highest BCUT2D eigenvalue weighted by atomic mass is 79.9. The van der Waals surface area contributed by atoms with E-state index < -0.39 is 5.91 Å². The molecule has 0 spiro atoms. The van der Waals surface area contributed by atoms with Crippen LogP contribution >= 0.6 is 15.9 Å². The molecule has 1 aromatic heterocycles. The van der Waals surface area contributed by atoms with Crippen molar-refractivity contribution in [2.24, 2.45) is 0 Å². The number of fused-ring (bicyclic) bond motifs is 1. The minimum absolute atomic E-state index is 0.00133. The van der Waals surface area contributed by atoms with Crippen molar-refractivity contribution in [3.63, 3.8) is 0 Å². The summed E-state index contributed by atoms with van der Waals surface area (Å²) in [7, 11) is 1.53. The van der Waals surface area contributed by atoms with Gasteiger partial charge in [-0.15, -0.1) is 0 Å². The number of aromatic amines is 1. The van der Waals surface area contributed by atoms with Crippen LogP contribution in [-0.4, -0.2) is 31.2 Å². The maximum absolute atomic E-state index is 12.6. The molecule has 31 heavy (non-hydrogen) atoms. The summed E-state index contributed by atoms with van der Waals surface area (Å²) in [5.41, 5.74) is 2.80. The van der Waals surface area contributed by atoms with E-state index in [0.717, 1.165) is 16.5 Å². The van der Waals surface area contributed by atoms with Gasteiger partial charge < -0.3 is 19.8 Å². The van der Waals surface area contributed by atoms with Gasteiger partial charge in [0.25, 0.3) is 5.91 Å². The lowest BCUT2D eigenvalue weighted by Gasteiger charge is -2.12. The van der Waals surface area contributed by atoms with Crippen LogP contribution in [0.15, 0.2) is 65.3 Å². The van der Waals surface area contributed by atoms with Crippen LogP contribution in [-0.2, 0) is 11.2 Å². The van der Waals surface area contributed by atoms with Crippen LogP contribution in [0.5, 0.6) is 11.5 Å². The molecule has 0 saturated heterocycles. The molecule has 1 amide bonds. The van der Waals surface area contributed by atoms with Crippen molar-refractivity contribution >= 4 is 38.8 Å². The van der Waals surface area contributed by atoms with Crippen molar-refractivity contribution in [2.75, 3.05) is 20.3 Å². The summed E-state index contributed by atoms with van der Waals surface area (Å²) >= 11 is 3.46. The van der Waals surface area contributed by atoms with Crippen molar-refractivity contribution in [2.45, 2.75) is 6.42 Å². The van der Waals surface area contributed by atoms with Crippen LogP contribution in [0.1, 0.15) is 11.1 Å². The van der Waals surface area contributed by atoms with E-state index in [2.05, 4.69) is 32.8 Å². The Morgan fingerprint density at radius 2 is 2.13 bits per heavy atom. The molecule has 2 N–H and O–H groups in total. The molecule has 7 heteroatoms. The second-order valence-electron chi connectivity index (χ2n) is 6.66. The summed E-state index contributed by atoms with van der Waals surface area (Å²) in [6, 6.07) is 13.4. The van der Waals surface area contributed by atoms with Crippen LogP contribution in [0.2, 0.25) is 0 Å². The number of para-hydroxylation sites is 1. The fourth-order valence-corrected chi connectivity index (χ4v) is 3.57. The predicted octanol–water partition coefficient (Wildman–Crippen LogP) is 4.77. The monoisotopic (exact) mass is 479 g/mol. The van der Waals surface area contributed by atoms with Crippen LogP contribution in [0.25, 0.3) is 17.0 Å². The first-order valence-corrected chi connectivity index (χ1v) is 10.4. The first-order chi connectivity index (χ1) is 15.1. The lowest BCUT2D eigenvalue weighted by atomic mass is 10.1. The van der Waals surface area contributed by atoms with Gasteiger partial charge in [0, 0.05) is 28.1 Å². The number of hydrogen-bond acceptors (Lipinski definition) is 4. The zero-order valence-electron chi connectivity index (χ0n) is 17.1. The first-order valence-electron chi connectivity index (χ1n) is 9.63.